The quantitative estimate of drug-likeness (QED) is 0.598. The molecule has 176 valence electrons. The number of methoxy groups -OCH3 is 1. The molecule has 2 saturated heterocycles. The molecule has 0 aromatic heterocycles. The number of likely N-dealkylation sites (tertiary alicyclic amines) is 1. The lowest BCUT2D eigenvalue weighted by Gasteiger charge is -2.41. The number of nitrogens with zero attached hydrogens (tertiary/aromatic N) is 2. The van der Waals surface area contributed by atoms with E-state index in [1.807, 2.05) is 12.1 Å². The highest BCUT2D eigenvalue weighted by atomic mass is 19.1. The van der Waals surface area contributed by atoms with Gasteiger partial charge in [-0.15, -0.1) is 0 Å². The number of halogens is 1. The van der Waals surface area contributed by atoms with Gasteiger partial charge in [0.05, 0.1) is 13.2 Å². The molecule has 7 nitrogen and oxygen atoms in total. The molecule has 3 amide bonds. The lowest BCUT2D eigenvalue weighted by Crippen LogP contribution is -2.57. The van der Waals surface area contributed by atoms with E-state index in [2.05, 4.69) is 10.2 Å². The first-order valence-corrected chi connectivity index (χ1v) is 11.3. The SMILES string of the molecule is COCCN1C(=O)N[C@](Cc2ccc(F)cc2)(C2CCN(Cc3ccc(O)cc3)CC2)C1=O. The van der Waals surface area contributed by atoms with Gasteiger partial charge in [0.15, 0.2) is 0 Å². The number of hydrogen-bond acceptors (Lipinski definition) is 5. The minimum atomic E-state index is -1.05. The summed E-state index contributed by atoms with van der Waals surface area (Å²) in [5.74, 6) is -0.360. The van der Waals surface area contributed by atoms with Crippen LogP contribution in [0.25, 0.3) is 0 Å². The van der Waals surface area contributed by atoms with E-state index >= 15 is 0 Å². The zero-order chi connectivity index (χ0) is 23.4. The van der Waals surface area contributed by atoms with Crippen LogP contribution in [0, 0.1) is 11.7 Å². The average Bonchev–Trinajstić information content (AvgIpc) is 3.05. The second-order valence-electron chi connectivity index (χ2n) is 8.87. The van der Waals surface area contributed by atoms with Crippen LogP contribution < -0.4 is 5.32 Å². The van der Waals surface area contributed by atoms with Gasteiger partial charge in [0, 0.05) is 20.1 Å². The molecule has 2 heterocycles. The number of carbonyl (C=O) groups is 2. The lowest BCUT2D eigenvalue weighted by atomic mass is 9.74. The third kappa shape index (κ3) is 5.02. The number of urea groups is 1. The first-order valence-electron chi connectivity index (χ1n) is 11.3. The Morgan fingerprint density at radius 3 is 2.33 bits per heavy atom. The van der Waals surface area contributed by atoms with Crippen LogP contribution in [0.5, 0.6) is 5.75 Å². The van der Waals surface area contributed by atoms with Gasteiger partial charge in [-0.25, -0.2) is 9.18 Å². The number of ether oxygens (including phenoxy) is 1. The first-order chi connectivity index (χ1) is 15.9. The number of rotatable bonds is 8. The van der Waals surface area contributed by atoms with Gasteiger partial charge in [-0.2, -0.15) is 0 Å². The van der Waals surface area contributed by atoms with Crippen molar-refractivity contribution in [2.24, 2.45) is 5.92 Å². The van der Waals surface area contributed by atoms with Crippen LogP contribution in [-0.4, -0.2) is 65.7 Å². The van der Waals surface area contributed by atoms with Crippen molar-refractivity contribution in [3.8, 4) is 5.75 Å². The van der Waals surface area contributed by atoms with E-state index in [0.717, 1.165) is 43.6 Å². The largest absolute Gasteiger partial charge is 0.508 e. The van der Waals surface area contributed by atoms with Crippen LogP contribution in [0.1, 0.15) is 24.0 Å². The Bertz CT molecular complexity index is 974. The first kappa shape index (κ1) is 23.2. The third-order valence-electron chi connectivity index (χ3n) is 6.74. The summed E-state index contributed by atoms with van der Waals surface area (Å²) in [6, 6.07) is 12.9. The second kappa shape index (κ2) is 9.89. The molecule has 0 saturated carbocycles. The molecule has 8 heteroatoms. The van der Waals surface area contributed by atoms with E-state index in [9.17, 15) is 19.1 Å². The van der Waals surface area contributed by atoms with E-state index in [4.69, 9.17) is 4.74 Å². The van der Waals surface area contributed by atoms with Crippen molar-refractivity contribution in [1.82, 2.24) is 15.1 Å². The minimum absolute atomic E-state index is 0.0392. The number of benzene rings is 2. The van der Waals surface area contributed by atoms with Crippen molar-refractivity contribution in [1.29, 1.82) is 0 Å². The molecule has 2 N–H and O–H groups in total. The summed E-state index contributed by atoms with van der Waals surface area (Å²) in [4.78, 5) is 29.9. The van der Waals surface area contributed by atoms with E-state index in [1.54, 1.807) is 24.3 Å². The van der Waals surface area contributed by atoms with Gasteiger partial charge in [-0.1, -0.05) is 24.3 Å². The molecular weight excluding hydrogens is 425 g/mol. The van der Waals surface area contributed by atoms with Crippen molar-refractivity contribution < 1.29 is 23.8 Å². The Morgan fingerprint density at radius 1 is 1.06 bits per heavy atom. The number of phenols is 1. The maximum Gasteiger partial charge on any atom is 0.325 e. The zero-order valence-electron chi connectivity index (χ0n) is 18.8. The summed E-state index contributed by atoms with van der Waals surface area (Å²) in [6.45, 7) is 2.82. The van der Waals surface area contributed by atoms with Crippen molar-refractivity contribution in [3.63, 3.8) is 0 Å². The van der Waals surface area contributed by atoms with Gasteiger partial charge in [-0.3, -0.25) is 14.6 Å². The number of phenolic OH excluding ortho intramolecular Hbond substituents is 1. The predicted molar refractivity (Wildman–Crippen MR) is 121 cm³/mol. The monoisotopic (exact) mass is 455 g/mol. The zero-order valence-corrected chi connectivity index (χ0v) is 18.8. The normalized spacial score (nSPS) is 22.1. The lowest BCUT2D eigenvalue weighted by molar-refractivity contribution is -0.134. The van der Waals surface area contributed by atoms with Crippen molar-refractivity contribution in [2.75, 3.05) is 33.4 Å². The fourth-order valence-corrected chi connectivity index (χ4v) is 4.94. The molecule has 0 radical (unpaired) electrons. The number of aromatic hydroxyl groups is 1. The molecule has 4 rings (SSSR count). The van der Waals surface area contributed by atoms with Crippen LogP contribution >= 0.6 is 0 Å². The summed E-state index contributed by atoms with van der Waals surface area (Å²) >= 11 is 0. The Hall–Kier alpha value is -2.97. The maximum absolute atomic E-state index is 13.6. The van der Waals surface area contributed by atoms with Crippen molar-refractivity contribution in [3.05, 3.63) is 65.5 Å². The molecule has 0 unspecified atom stereocenters. The predicted octanol–water partition coefficient (Wildman–Crippen LogP) is 2.92. The molecule has 0 spiro atoms. The molecule has 2 aliphatic heterocycles. The fourth-order valence-electron chi connectivity index (χ4n) is 4.94. The van der Waals surface area contributed by atoms with Crippen molar-refractivity contribution >= 4 is 11.9 Å². The highest BCUT2D eigenvalue weighted by Gasteiger charge is 2.55. The Balaban J connectivity index is 1.51. The highest BCUT2D eigenvalue weighted by Crippen LogP contribution is 2.37. The van der Waals surface area contributed by atoms with E-state index in [0.29, 0.717) is 6.42 Å². The van der Waals surface area contributed by atoms with E-state index in [-0.39, 0.29) is 36.5 Å². The number of amides is 3. The summed E-state index contributed by atoms with van der Waals surface area (Å²) in [6.07, 6.45) is 1.83. The van der Waals surface area contributed by atoms with Crippen LogP contribution in [0.3, 0.4) is 0 Å². The Kier molecular flexibility index (Phi) is 6.95. The summed E-state index contributed by atoms with van der Waals surface area (Å²) in [5.41, 5.74) is 0.876. The maximum atomic E-state index is 13.6. The van der Waals surface area contributed by atoms with Crippen LogP contribution in [-0.2, 0) is 22.5 Å². The number of carbonyl (C=O) groups excluding carboxylic acids is 2. The van der Waals surface area contributed by atoms with Gasteiger partial charge in [0.2, 0.25) is 0 Å². The average molecular weight is 456 g/mol. The van der Waals surface area contributed by atoms with Gasteiger partial charge in [0.1, 0.15) is 17.1 Å². The van der Waals surface area contributed by atoms with Crippen LogP contribution in [0.15, 0.2) is 48.5 Å². The molecule has 1 atom stereocenters. The fraction of sp³-hybridized carbons (Fsp3) is 0.440. The third-order valence-corrected chi connectivity index (χ3v) is 6.74. The molecule has 0 bridgehead atoms. The van der Waals surface area contributed by atoms with Gasteiger partial charge >= 0.3 is 6.03 Å². The summed E-state index contributed by atoms with van der Waals surface area (Å²) < 4.78 is 18.5. The smallest absolute Gasteiger partial charge is 0.325 e. The van der Waals surface area contributed by atoms with E-state index < -0.39 is 11.6 Å². The molecule has 33 heavy (non-hydrogen) atoms. The minimum Gasteiger partial charge on any atom is -0.508 e. The molecule has 2 aromatic rings. The number of hydrogen-bond donors (Lipinski definition) is 2. The standard InChI is InChI=1S/C25H30FN3O4/c1-33-15-14-29-23(31)25(27-24(29)32,16-18-2-6-21(26)7-3-18)20-10-12-28(13-11-20)17-19-4-8-22(30)9-5-19/h2-9,20,30H,10-17H2,1H3,(H,27,32)/t25-/m1/s1. The topological polar surface area (TPSA) is 82.1 Å². The van der Waals surface area contributed by atoms with Crippen molar-refractivity contribution in [2.45, 2.75) is 31.3 Å². The van der Waals surface area contributed by atoms with Crippen LogP contribution in [0.2, 0.25) is 0 Å². The number of imide groups is 1. The molecule has 2 aliphatic rings. The number of nitrogens with one attached hydrogen (secondary N) is 1. The summed E-state index contributed by atoms with van der Waals surface area (Å²) in [5, 5.41) is 12.5. The molecule has 2 aromatic carbocycles. The second-order valence-corrected chi connectivity index (χ2v) is 8.87. The van der Waals surface area contributed by atoms with Crippen LogP contribution in [0.4, 0.5) is 9.18 Å². The molecular formula is C25H30FN3O4. The Labute approximate surface area is 193 Å². The van der Waals surface area contributed by atoms with Gasteiger partial charge < -0.3 is 15.2 Å². The molecule has 0 aliphatic carbocycles. The Morgan fingerprint density at radius 2 is 1.70 bits per heavy atom. The van der Waals surface area contributed by atoms with Gasteiger partial charge in [-0.05, 0) is 67.2 Å². The number of piperidine rings is 1. The summed E-state index contributed by atoms with van der Waals surface area (Å²) in [7, 11) is 1.54. The molecule has 2 fully saturated rings. The van der Waals surface area contributed by atoms with Gasteiger partial charge in [0.25, 0.3) is 5.91 Å². The highest BCUT2D eigenvalue weighted by molar-refractivity contribution is 6.07. The van der Waals surface area contributed by atoms with E-state index in [1.165, 1.54) is 24.1 Å².